The van der Waals surface area contributed by atoms with E-state index >= 15 is 0 Å². The zero-order chi connectivity index (χ0) is 13.5. The van der Waals surface area contributed by atoms with Crippen molar-refractivity contribution >= 4 is 0 Å². The fraction of sp³-hybridized carbons (Fsp3) is 0.533. The summed E-state index contributed by atoms with van der Waals surface area (Å²) in [5, 5.41) is 12.3. The number of likely N-dealkylation sites (tertiary alicyclic amines) is 1. The van der Waals surface area contributed by atoms with Crippen molar-refractivity contribution in [1.82, 2.24) is 10.2 Å². The second-order valence-electron chi connectivity index (χ2n) is 4.86. The summed E-state index contributed by atoms with van der Waals surface area (Å²) in [6.45, 7) is 5.27. The van der Waals surface area contributed by atoms with Gasteiger partial charge in [-0.3, -0.25) is 0 Å². The van der Waals surface area contributed by atoms with E-state index in [-0.39, 0.29) is 0 Å². The summed E-state index contributed by atoms with van der Waals surface area (Å²) in [6.07, 6.45) is 2.66. The lowest BCUT2D eigenvalue weighted by Crippen LogP contribution is -2.29. The Balaban J connectivity index is 1.82. The van der Waals surface area contributed by atoms with Crippen LogP contribution in [0.2, 0.25) is 0 Å². The lowest BCUT2D eigenvalue weighted by atomic mass is 10.1. The van der Waals surface area contributed by atoms with Gasteiger partial charge in [0.25, 0.3) is 0 Å². The summed E-state index contributed by atoms with van der Waals surface area (Å²) in [6, 6.07) is 7.69. The summed E-state index contributed by atoms with van der Waals surface area (Å²) in [5.74, 6) is 0.840. The van der Waals surface area contributed by atoms with Gasteiger partial charge in [0.05, 0.1) is 18.7 Å². The van der Waals surface area contributed by atoms with Crippen molar-refractivity contribution in [1.29, 1.82) is 5.26 Å². The van der Waals surface area contributed by atoms with Gasteiger partial charge in [-0.15, -0.1) is 0 Å². The standard InChI is InChI=1S/C15H21N3O/c1-19-15-5-4-13(11-16)10-14(15)12-17-6-9-18-7-2-3-8-18/h4-5,10,17H,2-3,6-9,12H2,1H3. The summed E-state index contributed by atoms with van der Waals surface area (Å²) >= 11 is 0. The molecule has 0 bridgehead atoms. The average Bonchev–Trinajstić information content (AvgIpc) is 2.96. The minimum absolute atomic E-state index is 0.678. The molecular weight excluding hydrogens is 238 g/mol. The maximum Gasteiger partial charge on any atom is 0.123 e. The van der Waals surface area contributed by atoms with Crippen LogP contribution < -0.4 is 10.1 Å². The third kappa shape index (κ3) is 3.95. The molecular formula is C15H21N3O. The average molecular weight is 259 g/mol. The van der Waals surface area contributed by atoms with Crippen molar-refractivity contribution in [3.63, 3.8) is 0 Å². The van der Waals surface area contributed by atoms with Crippen molar-refractivity contribution in [2.75, 3.05) is 33.3 Å². The van der Waals surface area contributed by atoms with E-state index in [0.29, 0.717) is 5.56 Å². The van der Waals surface area contributed by atoms with Crippen molar-refractivity contribution in [2.24, 2.45) is 0 Å². The highest BCUT2D eigenvalue weighted by molar-refractivity contribution is 5.41. The van der Waals surface area contributed by atoms with Crippen LogP contribution in [0.3, 0.4) is 0 Å². The Morgan fingerprint density at radius 1 is 1.37 bits per heavy atom. The molecule has 4 nitrogen and oxygen atoms in total. The molecule has 1 aromatic carbocycles. The van der Waals surface area contributed by atoms with Gasteiger partial charge in [-0.2, -0.15) is 5.26 Å². The fourth-order valence-corrected chi connectivity index (χ4v) is 2.45. The van der Waals surface area contributed by atoms with Gasteiger partial charge in [0.1, 0.15) is 5.75 Å². The van der Waals surface area contributed by atoms with Crippen LogP contribution >= 0.6 is 0 Å². The predicted octanol–water partition coefficient (Wildman–Crippen LogP) is 1.75. The Labute approximate surface area is 115 Å². The molecule has 0 amide bonds. The SMILES string of the molecule is COc1ccc(C#N)cc1CNCCN1CCCC1. The topological polar surface area (TPSA) is 48.3 Å². The molecule has 1 fully saturated rings. The molecule has 0 atom stereocenters. The zero-order valence-corrected chi connectivity index (χ0v) is 11.5. The number of nitrogens with zero attached hydrogens (tertiary/aromatic N) is 2. The van der Waals surface area contributed by atoms with Gasteiger partial charge in [-0.1, -0.05) is 0 Å². The van der Waals surface area contributed by atoms with E-state index in [4.69, 9.17) is 10.00 Å². The maximum absolute atomic E-state index is 8.92. The number of hydrogen-bond donors (Lipinski definition) is 1. The molecule has 0 aliphatic carbocycles. The van der Waals surface area contributed by atoms with Gasteiger partial charge in [-0.25, -0.2) is 0 Å². The highest BCUT2D eigenvalue weighted by Crippen LogP contribution is 2.19. The Morgan fingerprint density at radius 2 is 2.16 bits per heavy atom. The lowest BCUT2D eigenvalue weighted by Gasteiger charge is -2.15. The summed E-state index contributed by atoms with van der Waals surface area (Å²) in [5.41, 5.74) is 1.72. The minimum atomic E-state index is 0.678. The molecule has 1 N–H and O–H groups in total. The molecule has 102 valence electrons. The molecule has 1 aromatic rings. The Morgan fingerprint density at radius 3 is 2.84 bits per heavy atom. The quantitative estimate of drug-likeness (QED) is 0.791. The molecule has 4 heteroatoms. The molecule has 19 heavy (non-hydrogen) atoms. The number of ether oxygens (including phenoxy) is 1. The van der Waals surface area contributed by atoms with Gasteiger partial charge < -0.3 is 15.0 Å². The van der Waals surface area contributed by atoms with Gasteiger partial charge in [0.15, 0.2) is 0 Å². The second-order valence-corrected chi connectivity index (χ2v) is 4.86. The van der Waals surface area contributed by atoms with Crippen LogP contribution in [0, 0.1) is 11.3 Å². The molecule has 1 saturated heterocycles. The predicted molar refractivity (Wildman–Crippen MR) is 75.1 cm³/mol. The smallest absolute Gasteiger partial charge is 0.123 e. The highest BCUT2D eigenvalue weighted by atomic mass is 16.5. The first kappa shape index (κ1) is 13.9. The minimum Gasteiger partial charge on any atom is -0.496 e. The number of methoxy groups -OCH3 is 1. The van der Waals surface area contributed by atoms with Crippen LogP contribution in [0.25, 0.3) is 0 Å². The van der Waals surface area contributed by atoms with Crippen molar-refractivity contribution in [3.05, 3.63) is 29.3 Å². The molecule has 1 heterocycles. The molecule has 0 spiro atoms. The largest absolute Gasteiger partial charge is 0.496 e. The second kappa shape index (κ2) is 7.13. The van der Waals surface area contributed by atoms with Gasteiger partial charge >= 0.3 is 0 Å². The lowest BCUT2D eigenvalue weighted by molar-refractivity contribution is 0.335. The van der Waals surface area contributed by atoms with Gasteiger partial charge in [0, 0.05) is 25.2 Å². The van der Waals surface area contributed by atoms with E-state index in [1.165, 1.54) is 25.9 Å². The van der Waals surface area contributed by atoms with E-state index in [0.717, 1.165) is 30.9 Å². The summed E-state index contributed by atoms with van der Waals surface area (Å²) < 4.78 is 5.32. The number of hydrogen-bond acceptors (Lipinski definition) is 4. The van der Waals surface area contributed by atoms with Crippen molar-refractivity contribution in [3.8, 4) is 11.8 Å². The first-order valence-corrected chi connectivity index (χ1v) is 6.83. The van der Waals surface area contributed by atoms with E-state index in [1.54, 1.807) is 13.2 Å². The first-order valence-electron chi connectivity index (χ1n) is 6.83. The van der Waals surface area contributed by atoms with E-state index in [1.807, 2.05) is 12.1 Å². The van der Waals surface area contributed by atoms with Gasteiger partial charge in [-0.05, 0) is 44.1 Å². The van der Waals surface area contributed by atoms with Crippen molar-refractivity contribution in [2.45, 2.75) is 19.4 Å². The number of rotatable bonds is 6. The monoisotopic (exact) mass is 259 g/mol. The summed E-state index contributed by atoms with van der Waals surface area (Å²) in [7, 11) is 1.66. The Bertz CT molecular complexity index is 447. The Hall–Kier alpha value is -1.57. The van der Waals surface area contributed by atoms with Crippen LogP contribution in [-0.2, 0) is 6.54 Å². The molecule has 0 unspecified atom stereocenters. The number of nitrogens with one attached hydrogen (secondary N) is 1. The normalized spacial score (nSPS) is 15.4. The molecule has 1 aliphatic heterocycles. The van der Waals surface area contributed by atoms with E-state index < -0.39 is 0 Å². The molecule has 1 aliphatic rings. The third-order valence-electron chi connectivity index (χ3n) is 3.53. The number of nitriles is 1. The number of benzene rings is 1. The molecule has 0 saturated carbocycles. The maximum atomic E-state index is 8.92. The first-order chi connectivity index (χ1) is 9.33. The highest BCUT2D eigenvalue weighted by Gasteiger charge is 2.10. The molecule has 0 radical (unpaired) electrons. The van der Waals surface area contributed by atoms with E-state index in [2.05, 4.69) is 16.3 Å². The Kier molecular flexibility index (Phi) is 5.20. The van der Waals surface area contributed by atoms with Crippen LogP contribution in [-0.4, -0.2) is 38.2 Å². The molecule has 0 aromatic heterocycles. The molecule has 2 rings (SSSR count). The van der Waals surface area contributed by atoms with E-state index in [9.17, 15) is 0 Å². The van der Waals surface area contributed by atoms with Crippen LogP contribution in [0.1, 0.15) is 24.0 Å². The zero-order valence-electron chi connectivity index (χ0n) is 11.5. The van der Waals surface area contributed by atoms with Crippen LogP contribution in [0.5, 0.6) is 5.75 Å². The third-order valence-corrected chi connectivity index (χ3v) is 3.53. The summed E-state index contributed by atoms with van der Waals surface area (Å²) in [4.78, 5) is 2.48. The van der Waals surface area contributed by atoms with Crippen LogP contribution in [0.4, 0.5) is 0 Å². The van der Waals surface area contributed by atoms with Crippen LogP contribution in [0.15, 0.2) is 18.2 Å². The van der Waals surface area contributed by atoms with Crippen molar-refractivity contribution < 1.29 is 4.74 Å². The van der Waals surface area contributed by atoms with Gasteiger partial charge in [0.2, 0.25) is 0 Å². The fourth-order valence-electron chi connectivity index (χ4n) is 2.45.